The van der Waals surface area contributed by atoms with Crippen LogP contribution in [0.1, 0.15) is 16.9 Å². The summed E-state index contributed by atoms with van der Waals surface area (Å²) < 4.78 is 25.0. The largest absolute Gasteiger partial charge is 0.214 e. The second-order valence-electron chi connectivity index (χ2n) is 3.64. The lowest BCUT2D eigenvalue weighted by atomic mass is 10.3. The first-order chi connectivity index (χ1) is 7.47. The van der Waals surface area contributed by atoms with Gasteiger partial charge in [-0.3, -0.25) is 0 Å². The zero-order chi connectivity index (χ0) is 12.2. The lowest BCUT2D eigenvalue weighted by molar-refractivity contribution is 0.468. The van der Waals surface area contributed by atoms with Gasteiger partial charge < -0.3 is 0 Å². The maximum atomic E-state index is 11.8. The fourth-order valence-corrected chi connectivity index (χ4v) is 3.74. The van der Waals surface area contributed by atoms with E-state index in [0.29, 0.717) is 18.8 Å². The van der Waals surface area contributed by atoms with Gasteiger partial charge in [-0.05, 0) is 30.4 Å². The van der Waals surface area contributed by atoms with Crippen LogP contribution in [0.5, 0.6) is 0 Å². The molecule has 16 heavy (non-hydrogen) atoms. The molecule has 0 saturated heterocycles. The van der Waals surface area contributed by atoms with Gasteiger partial charge >= 0.3 is 0 Å². The summed E-state index contributed by atoms with van der Waals surface area (Å²) in [5, 5.41) is 1.98. The SMILES string of the molecule is Cc1ccsc1CN(C)S(=O)(=O)CCCCl. The van der Waals surface area contributed by atoms with Crippen LogP contribution < -0.4 is 0 Å². The van der Waals surface area contributed by atoms with Gasteiger partial charge in [0.15, 0.2) is 0 Å². The zero-order valence-corrected chi connectivity index (χ0v) is 11.8. The van der Waals surface area contributed by atoms with Gasteiger partial charge in [-0.25, -0.2) is 8.42 Å². The number of thiophene rings is 1. The predicted octanol–water partition coefficient (Wildman–Crippen LogP) is 2.45. The summed E-state index contributed by atoms with van der Waals surface area (Å²) in [6.07, 6.45) is 0.498. The highest BCUT2D eigenvalue weighted by Crippen LogP contribution is 2.18. The van der Waals surface area contributed by atoms with Gasteiger partial charge in [-0.15, -0.1) is 22.9 Å². The van der Waals surface area contributed by atoms with E-state index in [4.69, 9.17) is 11.6 Å². The van der Waals surface area contributed by atoms with E-state index in [2.05, 4.69) is 0 Å². The highest BCUT2D eigenvalue weighted by atomic mass is 35.5. The number of alkyl halides is 1. The van der Waals surface area contributed by atoms with Gasteiger partial charge in [-0.2, -0.15) is 4.31 Å². The minimum Gasteiger partial charge on any atom is -0.212 e. The number of aryl methyl sites for hydroxylation is 1. The molecule has 0 N–H and O–H groups in total. The van der Waals surface area contributed by atoms with Crippen molar-refractivity contribution in [2.45, 2.75) is 19.9 Å². The van der Waals surface area contributed by atoms with E-state index >= 15 is 0 Å². The lowest BCUT2D eigenvalue weighted by Crippen LogP contribution is -2.28. The van der Waals surface area contributed by atoms with Crippen molar-refractivity contribution >= 4 is 33.0 Å². The predicted molar refractivity (Wildman–Crippen MR) is 69.6 cm³/mol. The van der Waals surface area contributed by atoms with Gasteiger partial charge in [0.05, 0.1) is 5.75 Å². The van der Waals surface area contributed by atoms with E-state index in [9.17, 15) is 8.42 Å². The highest BCUT2D eigenvalue weighted by molar-refractivity contribution is 7.89. The molecule has 92 valence electrons. The smallest absolute Gasteiger partial charge is 0.212 e. The fraction of sp³-hybridized carbons (Fsp3) is 0.600. The van der Waals surface area contributed by atoms with Crippen LogP contribution in [0.2, 0.25) is 0 Å². The van der Waals surface area contributed by atoms with Crippen LogP contribution in [-0.2, 0) is 16.6 Å². The van der Waals surface area contributed by atoms with Crippen LogP contribution in [-0.4, -0.2) is 31.4 Å². The molecule has 0 bridgehead atoms. The molecule has 0 aliphatic rings. The fourth-order valence-electron chi connectivity index (χ4n) is 1.26. The monoisotopic (exact) mass is 281 g/mol. The third-order valence-corrected chi connectivity index (χ3v) is 5.50. The number of hydrogen-bond acceptors (Lipinski definition) is 3. The van der Waals surface area contributed by atoms with Crippen molar-refractivity contribution in [1.29, 1.82) is 0 Å². The molecule has 0 spiro atoms. The van der Waals surface area contributed by atoms with Gasteiger partial charge in [0, 0.05) is 24.3 Å². The maximum Gasteiger partial charge on any atom is 0.214 e. The van der Waals surface area contributed by atoms with E-state index in [-0.39, 0.29) is 5.75 Å². The molecule has 0 saturated carbocycles. The molecule has 3 nitrogen and oxygen atoms in total. The van der Waals surface area contributed by atoms with Crippen molar-refractivity contribution in [3.8, 4) is 0 Å². The molecule has 0 unspecified atom stereocenters. The summed E-state index contributed by atoms with van der Waals surface area (Å²) in [4.78, 5) is 1.09. The molecule has 1 rings (SSSR count). The Kier molecular flexibility index (Phi) is 5.24. The molecule has 1 aromatic rings. The van der Waals surface area contributed by atoms with E-state index in [1.165, 1.54) is 4.31 Å². The second kappa shape index (κ2) is 6.00. The van der Waals surface area contributed by atoms with Crippen molar-refractivity contribution < 1.29 is 8.42 Å². The lowest BCUT2D eigenvalue weighted by Gasteiger charge is -2.16. The summed E-state index contributed by atoms with van der Waals surface area (Å²) in [5.74, 6) is 0.503. The Hall–Kier alpha value is -0.100. The van der Waals surface area contributed by atoms with Crippen molar-refractivity contribution in [3.63, 3.8) is 0 Å². The van der Waals surface area contributed by atoms with Crippen molar-refractivity contribution in [2.24, 2.45) is 0 Å². The molecule has 0 aromatic carbocycles. The summed E-state index contributed by atoms with van der Waals surface area (Å²) in [5.41, 5.74) is 1.14. The molecule has 0 aliphatic heterocycles. The van der Waals surface area contributed by atoms with E-state index in [0.717, 1.165) is 10.4 Å². The Morgan fingerprint density at radius 2 is 2.19 bits per heavy atom. The summed E-state index contributed by atoms with van der Waals surface area (Å²) in [6.45, 7) is 2.44. The van der Waals surface area contributed by atoms with Crippen LogP contribution in [0.4, 0.5) is 0 Å². The average Bonchev–Trinajstić information content (AvgIpc) is 2.61. The molecule has 0 fully saturated rings. The number of halogens is 1. The molecule has 0 aliphatic carbocycles. The number of hydrogen-bond donors (Lipinski definition) is 0. The van der Waals surface area contributed by atoms with Gasteiger partial charge in [-0.1, -0.05) is 0 Å². The van der Waals surface area contributed by atoms with Gasteiger partial charge in [0.25, 0.3) is 0 Å². The first-order valence-corrected chi connectivity index (χ1v) is 8.02. The summed E-state index contributed by atoms with van der Waals surface area (Å²) in [7, 11) is -1.55. The van der Waals surface area contributed by atoms with Crippen molar-refractivity contribution in [2.75, 3.05) is 18.7 Å². The Balaban J connectivity index is 2.65. The topological polar surface area (TPSA) is 37.4 Å². The first kappa shape index (κ1) is 14.0. The Bertz CT molecular complexity index is 428. The Morgan fingerprint density at radius 3 is 2.69 bits per heavy atom. The minimum absolute atomic E-state index is 0.122. The molecule has 1 aromatic heterocycles. The van der Waals surface area contributed by atoms with Crippen molar-refractivity contribution in [1.82, 2.24) is 4.31 Å². The quantitative estimate of drug-likeness (QED) is 0.751. The first-order valence-electron chi connectivity index (χ1n) is 5.00. The van der Waals surface area contributed by atoms with Crippen LogP contribution >= 0.6 is 22.9 Å². The average molecular weight is 282 g/mol. The van der Waals surface area contributed by atoms with E-state index in [1.54, 1.807) is 18.4 Å². The van der Waals surface area contributed by atoms with Crippen LogP contribution in [0.3, 0.4) is 0 Å². The third-order valence-electron chi connectivity index (χ3n) is 2.35. The molecular formula is C10H16ClNO2S2. The summed E-state index contributed by atoms with van der Waals surface area (Å²) >= 11 is 7.08. The number of sulfonamides is 1. The van der Waals surface area contributed by atoms with E-state index < -0.39 is 10.0 Å². The molecule has 0 atom stereocenters. The number of nitrogens with zero attached hydrogens (tertiary/aromatic N) is 1. The molecule has 0 radical (unpaired) electrons. The molecule has 6 heteroatoms. The van der Waals surface area contributed by atoms with E-state index in [1.807, 2.05) is 18.4 Å². The van der Waals surface area contributed by atoms with Crippen LogP contribution in [0.25, 0.3) is 0 Å². The third kappa shape index (κ3) is 3.73. The standard InChI is InChI=1S/C10H16ClNO2S2/c1-9-4-6-15-10(9)8-12(2)16(13,14)7-3-5-11/h4,6H,3,5,7-8H2,1-2H3. The normalized spacial score (nSPS) is 12.2. The minimum atomic E-state index is -3.16. The maximum absolute atomic E-state index is 11.8. The molecular weight excluding hydrogens is 266 g/mol. The van der Waals surface area contributed by atoms with Crippen molar-refractivity contribution in [3.05, 3.63) is 21.9 Å². The van der Waals surface area contributed by atoms with Crippen LogP contribution in [0, 0.1) is 6.92 Å². The van der Waals surface area contributed by atoms with Crippen LogP contribution in [0.15, 0.2) is 11.4 Å². The molecule has 1 heterocycles. The van der Waals surface area contributed by atoms with Gasteiger partial charge in [0.2, 0.25) is 10.0 Å². The Labute approximate surface area is 106 Å². The van der Waals surface area contributed by atoms with Gasteiger partial charge in [0.1, 0.15) is 0 Å². The number of rotatable bonds is 6. The second-order valence-corrected chi connectivity index (χ2v) is 7.22. The Morgan fingerprint density at radius 1 is 1.50 bits per heavy atom. The zero-order valence-electron chi connectivity index (χ0n) is 9.44. The molecule has 0 amide bonds. The highest BCUT2D eigenvalue weighted by Gasteiger charge is 2.18. The summed E-state index contributed by atoms with van der Waals surface area (Å²) in [6, 6.07) is 2.00.